The summed E-state index contributed by atoms with van der Waals surface area (Å²) < 4.78 is 0. The van der Waals surface area contributed by atoms with Crippen molar-refractivity contribution in [3.05, 3.63) is 22.7 Å². The molecule has 0 bridgehead atoms. The van der Waals surface area contributed by atoms with Crippen LogP contribution in [0.15, 0.2) is 22.7 Å². The maximum absolute atomic E-state index is 5.43. The molecule has 0 spiro atoms. The standard InChI is InChI=1S/C5H6Cl2/c1-4(2)5(7)3-6/h3H,1H2,2H3. The van der Waals surface area contributed by atoms with Crippen LogP contribution >= 0.6 is 23.2 Å². The van der Waals surface area contributed by atoms with E-state index in [-0.39, 0.29) is 0 Å². The molecule has 0 aliphatic carbocycles. The lowest BCUT2D eigenvalue weighted by atomic mass is 10.3. The van der Waals surface area contributed by atoms with Crippen molar-refractivity contribution < 1.29 is 0 Å². The molecule has 0 saturated carbocycles. The van der Waals surface area contributed by atoms with Gasteiger partial charge in [-0.05, 0) is 12.5 Å². The Morgan fingerprint density at radius 2 is 2.14 bits per heavy atom. The zero-order valence-corrected chi connectivity index (χ0v) is 5.55. The number of rotatable bonds is 1. The molecule has 0 radical (unpaired) electrons. The van der Waals surface area contributed by atoms with E-state index in [2.05, 4.69) is 6.58 Å². The zero-order chi connectivity index (χ0) is 5.86. The van der Waals surface area contributed by atoms with Crippen LogP contribution in [0.3, 0.4) is 0 Å². The minimum atomic E-state index is 0.515. The summed E-state index contributed by atoms with van der Waals surface area (Å²) in [5.41, 5.74) is 2.08. The lowest BCUT2D eigenvalue weighted by molar-refractivity contribution is 1.54. The fraction of sp³-hybridized carbons (Fsp3) is 0.200. The summed E-state index contributed by atoms with van der Waals surface area (Å²) in [5.74, 6) is 0. The maximum atomic E-state index is 5.43. The van der Waals surface area contributed by atoms with Gasteiger partial charge in [0, 0.05) is 5.54 Å². The van der Waals surface area contributed by atoms with Crippen molar-refractivity contribution in [3.63, 3.8) is 0 Å². The minimum absolute atomic E-state index is 0.515. The van der Waals surface area contributed by atoms with Crippen LogP contribution in [0.25, 0.3) is 0 Å². The average molecular weight is 137 g/mol. The first kappa shape index (κ1) is 7.06. The van der Waals surface area contributed by atoms with Crippen molar-refractivity contribution in [2.24, 2.45) is 0 Å². The van der Waals surface area contributed by atoms with Crippen LogP contribution in [-0.4, -0.2) is 0 Å². The van der Waals surface area contributed by atoms with Crippen molar-refractivity contribution >= 4 is 23.2 Å². The fourth-order valence-electron chi connectivity index (χ4n) is 0.0931. The first-order valence-corrected chi connectivity index (χ1v) is 2.61. The van der Waals surface area contributed by atoms with Gasteiger partial charge in [0.2, 0.25) is 0 Å². The van der Waals surface area contributed by atoms with Gasteiger partial charge in [0.25, 0.3) is 0 Å². The molecule has 0 saturated heterocycles. The van der Waals surface area contributed by atoms with Crippen molar-refractivity contribution in [1.82, 2.24) is 0 Å². The Morgan fingerprint density at radius 3 is 2.14 bits per heavy atom. The second-order valence-corrected chi connectivity index (χ2v) is 1.86. The van der Waals surface area contributed by atoms with E-state index in [9.17, 15) is 0 Å². The molecule has 0 rings (SSSR count). The third kappa shape index (κ3) is 2.72. The Labute approximate surface area is 53.4 Å². The fourth-order valence-corrected chi connectivity index (χ4v) is 0.279. The molecular formula is C5H6Cl2. The zero-order valence-electron chi connectivity index (χ0n) is 4.04. The summed E-state index contributed by atoms with van der Waals surface area (Å²) in [4.78, 5) is 0. The molecule has 7 heavy (non-hydrogen) atoms. The van der Waals surface area contributed by atoms with Crippen molar-refractivity contribution in [2.75, 3.05) is 0 Å². The summed E-state index contributed by atoms with van der Waals surface area (Å²) in [6, 6.07) is 0. The quantitative estimate of drug-likeness (QED) is 0.487. The molecule has 0 aromatic heterocycles. The van der Waals surface area contributed by atoms with Gasteiger partial charge >= 0.3 is 0 Å². The van der Waals surface area contributed by atoms with Crippen molar-refractivity contribution in [2.45, 2.75) is 6.92 Å². The predicted octanol–water partition coefficient (Wildman–Crippen LogP) is 2.88. The molecule has 0 amide bonds. The molecule has 0 nitrogen and oxygen atoms in total. The first-order chi connectivity index (χ1) is 3.18. The van der Waals surface area contributed by atoms with E-state index < -0.39 is 0 Å². The molecule has 2 heteroatoms. The van der Waals surface area contributed by atoms with E-state index in [0.717, 1.165) is 5.57 Å². The first-order valence-electron chi connectivity index (χ1n) is 1.80. The normalized spacial score (nSPS) is 11.6. The monoisotopic (exact) mass is 136 g/mol. The SMILES string of the molecule is C=C(C)C(Cl)=CCl. The Bertz CT molecular complexity index is 103. The van der Waals surface area contributed by atoms with E-state index in [1.54, 1.807) is 6.92 Å². The van der Waals surface area contributed by atoms with Crippen LogP contribution < -0.4 is 0 Å². The van der Waals surface area contributed by atoms with Gasteiger partial charge in [-0.1, -0.05) is 29.8 Å². The van der Waals surface area contributed by atoms with Gasteiger partial charge in [0.1, 0.15) is 0 Å². The summed E-state index contributed by atoms with van der Waals surface area (Å²) in [7, 11) is 0. The van der Waals surface area contributed by atoms with Crippen molar-refractivity contribution in [3.8, 4) is 0 Å². The van der Waals surface area contributed by atoms with Crippen molar-refractivity contribution in [1.29, 1.82) is 0 Å². The molecule has 0 heterocycles. The molecule has 0 aliphatic rings. The highest BCUT2D eigenvalue weighted by Gasteiger charge is 1.86. The molecule has 0 aliphatic heterocycles. The molecule has 0 fully saturated rings. The lowest BCUT2D eigenvalue weighted by Crippen LogP contribution is -1.65. The number of allylic oxidation sites excluding steroid dienone is 2. The molecule has 0 aromatic carbocycles. The van der Waals surface area contributed by atoms with Crippen LogP contribution in [0.4, 0.5) is 0 Å². The molecule has 0 atom stereocenters. The molecule has 40 valence electrons. The Balaban J connectivity index is 3.82. The molecule has 0 unspecified atom stereocenters. The predicted molar refractivity (Wildman–Crippen MR) is 34.6 cm³/mol. The highest BCUT2D eigenvalue weighted by Crippen LogP contribution is 2.11. The Hall–Kier alpha value is 0.0600. The maximum Gasteiger partial charge on any atom is 0.0542 e. The largest absolute Gasteiger partial charge is 0.0946 e. The average Bonchev–Trinajstić information content (AvgIpc) is 1.65. The number of hydrogen-bond acceptors (Lipinski definition) is 0. The minimum Gasteiger partial charge on any atom is -0.0946 e. The van der Waals surface area contributed by atoms with Gasteiger partial charge < -0.3 is 0 Å². The van der Waals surface area contributed by atoms with Crippen LogP contribution in [0.1, 0.15) is 6.92 Å². The molecule has 0 aromatic rings. The van der Waals surface area contributed by atoms with Gasteiger partial charge in [-0.15, -0.1) is 0 Å². The van der Waals surface area contributed by atoms with Crippen LogP contribution in [-0.2, 0) is 0 Å². The van der Waals surface area contributed by atoms with E-state index >= 15 is 0 Å². The number of halogens is 2. The van der Waals surface area contributed by atoms with Crippen LogP contribution in [0.5, 0.6) is 0 Å². The summed E-state index contributed by atoms with van der Waals surface area (Å²) in [5, 5.41) is 0.515. The van der Waals surface area contributed by atoms with Crippen LogP contribution in [0.2, 0.25) is 0 Å². The van der Waals surface area contributed by atoms with E-state index in [4.69, 9.17) is 23.2 Å². The number of hydrogen-bond donors (Lipinski definition) is 0. The smallest absolute Gasteiger partial charge is 0.0542 e. The summed E-state index contributed by atoms with van der Waals surface area (Å²) in [6.45, 7) is 5.33. The third-order valence-electron chi connectivity index (χ3n) is 0.503. The second-order valence-electron chi connectivity index (χ2n) is 1.24. The van der Waals surface area contributed by atoms with Gasteiger partial charge in [0.15, 0.2) is 0 Å². The Kier molecular flexibility index (Phi) is 3.14. The highest BCUT2D eigenvalue weighted by atomic mass is 35.5. The molecular weight excluding hydrogens is 131 g/mol. The molecule has 0 N–H and O–H groups in total. The van der Waals surface area contributed by atoms with Gasteiger partial charge in [0.05, 0.1) is 5.03 Å². The van der Waals surface area contributed by atoms with E-state index in [1.165, 1.54) is 5.54 Å². The van der Waals surface area contributed by atoms with Gasteiger partial charge in [-0.25, -0.2) is 0 Å². The van der Waals surface area contributed by atoms with Gasteiger partial charge in [-0.2, -0.15) is 0 Å². The summed E-state index contributed by atoms with van der Waals surface area (Å²) >= 11 is 10.6. The Morgan fingerprint density at radius 1 is 1.71 bits per heavy atom. The third-order valence-corrected chi connectivity index (χ3v) is 1.27. The topological polar surface area (TPSA) is 0 Å². The van der Waals surface area contributed by atoms with Gasteiger partial charge in [-0.3, -0.25) is 0 Å². The second kappa shape index (κ2) is 3.11. The van der Waals surface area contributed by atoms with E-state index in [1.807, 2.05) is 0 Å². The highest BCUT2D eigenvalue weighted by molar-refractivity contribution is 6.38. The van der Waals surface area contributed by atoms with Crippen LogP contribution in [0, 0.1) is 0 Å². The van der Waals surface area contributed by atoms with E-state index in [0.29, 0.717) is 5.03 Å². The lowest BCUT2D eigenvalue weighted by Gasteiger charge is -1.87. The summed E-state index contributed by atoms with van der Waals surface area (Å²) in [6.07, 6.45) is 0.